The average Bonchev–Trinajstić information content (AvgIpc) is 2.84. The fourth-order valence-electron chi connectivity index (χ4n) is 1.95. The topological polar surface area (TPSA) is 55.6 Å². The lowest BCUT2D eigenvalue weighted by Gasteiger charge is -2.09. The van der Waals surface area contributed by atoms with E-state index in [0.29, 0.717) is 17.1 Å². The predicted octanol–water partition coefficient (Wildman–Crippen LogP) is 1.87. The number of aromatic nitrogens is 2. The fraction of sp³-hybridized carbons (Fsp3) is 0.429. The summed E-state index contributed by atoms with van der Waals surface area (Å²) in [5.74, 6) is 0.235. The molecule has 2 heterocycles. The van der Waals surface area contributed by atoms with Crippen LogP contribution in [0.15, 0.2) is 24.7 Å². The first-order chi connectivity index (χ1) is 9.11. The molecule has 0 saturated heterocycles. The molecule has 0 aliphatic carbocycles. The summed E-state index contributed by atoms with van der Waals surface area (Å²) in [4.78, 5) is 15.9. The van der Waals surface area contributed by atoms with Crippen molar-refractivity contribution in [3.63, 3.8) is 0 Å². The highest BCUT2D eigenvalue weighted by atomic mass is 16.5. The summed E-state index contributed by atoms with van der Waals surface area (Å²) in [6.45, 7) is 5.98. The van der Waals surface area contributed by atoms with Crippen molar-refractivity contribution in [1.29, 1.82) is 0 Å². The molecule has 0 bridgehead atoms. The number of carbonyl (C=O) groups is 1. The second kappa shape index (κ2) is 5.84. The van der Waals surface area contributed by atoms with E-state index >= 15 is 0 Å². The zero-order chi connectivity index (χ0) is 13.8. The maximum absolute atomic E-state index is 11.8. The Morgan fingerprint density at radius 1 is 1.53 bits per heavy atom. The molecule has 102 valence electrons. The molecule has 2 aromatic rings. The number of rotatable bonds is 5. The van der Waals surface area contributed by atoms with Crippen LogP contribution in [-0.4, -0.2) is 29.0 Å². The Morgan fingerprint density at radius 3 is 3.00 bits per heavy atom. The quantitative estimate of drug-likeness (QED) is 0.835. The lowest BCUT2D eigenvalue weighted by Crippen LogP contribution is -2.19. The Morgan fingerprint density at radius 2 is 2.32 bits per heavy atom. The van der Waals surface area contributed by atoms with Gasteiger partial charge in [0, 0.05) is 25.1 Å². The predicted molar refractivity (Wildman–Crippen MR) is 73.1 cm³/mol. The smallest absolute Gasteiger partial charge is 0.341 e. The van der Waals surface area contributed by atoms with Gasteiger partial charge < -0.3 is 14.5 Å². The minimum Gasteiger partial charge on any atom is -0.465 e. The van der Waals surface area contributed by atoms with Gasteiger partial charge in [-0.2, -0.15) is 0 Å². The van der Waals surface area contributed by atoms with E-state index in [1.54, 1.807) is 6.20 Å². The Balaban J connectivity index is 2.27. The lowest BCUT2D eigenvalue weighted by molar-refractivity contribution is 0.0602. The SMILES string of the molecule is COC(=O)c1cc(CNCC(C)C)cn2ccnc12. The molecule has 19 heavy (non-hydrogen) atoms. The maximum atomic E-state index is 11.8. The molecule has 2 aromatic heterocycles. The molecular formula is C14H19N3O2. The number of fused-ring (bicyclic) bond motifs is 1. The van der Waals surface area contributed by atoms with E-state index in [1.807, 2.05) is 22.9 Å². The third-order valence-electron chi connectivity index (χ3n) is 2.83. The Bertz CT molecular complexity index is 575. The first-order valence-corrected chi connectivity index (χ1v) is 6.36. The normalized spacial score (nSPS) is 11.2. The number of pyridine rings is 1. The molecular weight excluding hydrogens is 242 g/mol. The van der Waals surface area contributed by atoms with Crippen LogP contribution in [0.1, 0.15) is 29.8 Å². The van der Waals surface area contributed by atoms with Gasteiger partial charge in [0.2, 0.25) is 0 Å². The summed E-state index contributed by atoms with van der Waals surface area (Å²) in [7, 11) is 1.38. The van der Waals surface area contributed by atoms with E-state index in [2.05, 4.69) is 24.1 Å². The van der Waals surface area contributed by atoms with Crippen LogP contribution in [0.25, 0.3) is 5.65 Å². The monoisotopic (exact) mass is 261 g/mol. The Labute approximate surface area is 112 Å². The van der Waals surface area contributed by atoms with Crippen LogP contribution in [-0.2, 0) is 11.3 Å². The first kappa shape index (κ1) is 13.5. The number of hydrogen-bond acceptors (Lipinski definition) is 4. The van der Waals surface area contributed by atoms with Crippen molar-refractivity contribution >= 4 is 11.6 Å². The molecule has 0 atom stereocenters. The Hall–Kier alpha value is -1.88. The first-order valence-electron chi connectivity index (χ1n) is 6.36. The van der Waals surface area contributed by atoms with E-state index in [4.69, 9.17) is 4.74 Å². The van der Waals surface area contributed by atoms with Crippen LogP contribution < -0.4 is 5.32 Å². The van der Waals surface area contributed by atoms with Gasteiger partial charge in [-0.05, 0) is 24.1 Å². The number of carbonyl (C=O) groups excluding carboxylic acids is 1. The summed E-state index contributed by atoms with van der Waals surface area (Å²) in [6.07, 6.45) is 5.48. The third-order valence-corrected chi connectivity index (χ3v) is 2.83. The number of imidazole rings is 1. The molecule has 0 amide bonds. The van der Waals surface area contributed by atoms with E-state index in [-0.39, 0.29) is 5.97 Å². The lowest BCUT2D eigenvalue weighted by atomic mass is 10.1. The molecule has 2 rings (SSSR count). The van der Waals surface area contributed by atoms with E-state index in [9.17, 15) is 4.79 Å². The van der Waals surface area contributed by atoms with Crippen molar-refractivity contribution in [2.75, 3.05) is 13.7 Å². The van der Waals surface area contributed by atoms with Gasteiger partial charge >= 0.3 is 5.97 Å². The molecule has 0 aliphatic rings. The largest absolute Gasteiger partial charge is 0.465 e. The Kier molecular flexibility index (Phi) is 4.16. The van der Waals surface area contributed by atoms with Crippen LogP contribution in [0, 0.1) is 5.92 Å². The number of esters is 1. The van der Waals surface area contributed by atoms with E-state index in [1.165, 1.54) is 7.11 Å². The number of nitrogens with one attached hydrogen (secondary N) is 1. The molecule has 5 nitrogen and oxygen atoms in total. The van der Waals surface area contributed by atoms with Crippen molar-refractivity contribution in [3.8, 4) is 0 Å². The second-order valence-corrected chi connectivity index (χ2v) is 4.94. The minimum atomic E-state index is -0.359. The zero-order valence-electron chi connectivity index (χ0n) is 11.5. The third kappa shape index (κ3) is 3.12. The van der Waals surface area contributed by atoms with Gasteiger partial charge in [0.05, 0.1) is 7.11 Å². The number of hydrogen-bond donors (Lipinski definition) is 1. The summed E-state index contributed by atoms with van der Waals surface area (Å²) in [5, 5.41) is 3.36. The van der Waals surface area contributed by atoms with Crippen molar-refractivity contribution in [2.45, 2.75) is 20.4 Å². The van der Waals surface area contributed by atoms with Crippen molar-refractivity contribution in [3.05, 3.63) is 35.8 Å². The van der Waals surface area contributed by atoms with E-state index in [0.717, 1.165) is 18.7 Å². The molecule has 0 aromatic carbocycles. The fourth-order valence-corrected chi connectivity index (χ4v) is 1.95. The van der Waals surface area contributed by atoms with Crippen LogP contribution in [0.5, 0.6) is 0 Å². The number of nitrogens with zero attached hydrogens (tertiary/aromatic N) is 2. The molecule has 0 spiro atoms. The highest BCUT2D eigenvalue weighted by Gasteiger charge is 2.13. The molecule has 0 radical (unpaired) electrons. The van der Waals surface area contributed by atoms with Crippen LogP contribution >= 0.6 is 0 Å². The summed E-state index contributed by atoms with van der Waals surface area (Å²) in [6, 6.07) is 1.83. The van der Waals surface area contributed by atoms with Gasteiger partial charge in [-0.3, -0.25) is 0 Å². The highest BCUT2D eigenvalue weighted by Crippen LogP contribution is 2.13. The van der Waals surface area contributed by atoms with Crippen LogP contribution in [0.3, 0.4) is 0 Å². The molecule has 0 fully saturated rings. The van der Waals surface area contributed by atoms with E-state index < -0.39 is 0 Å². The number of ether oxygens (including phenoxy) is 1. The second-order valence-electron chi connectivity index (χ2n) is 4.94. The average molecular weight is 261 g/mol. The van der Waals surface area contributed by atoms with Gasteiger partial charge in [-0.15, -0.1) is 0 Å². The summed E-state index contributed by atoms with van der Waals surface area (Å²) >= 11 is 0. The van der Waals surface area contributed by atoms with Crippen LogP contribution in [0.2, 0.25) is 0 Å². The zero-order valence-corrected chi connectivity index (χ0v) is 11.5. The summed E-state index contributed by atoms with van der Waals surface area (Å²) < 4.78 is 6.64. The maximum Gasteiger partial charge on any atom is 0.341 e. The number of methoxy groups -OCH3 is 1. The molecule has 5 heteroatoms. The minimum absolute atomic E-state index is 0.359. The molecule has 0 saturated carbocycles. The van der Waals surface area contributed by atoms with Crippen molar-refractivity contribution in [2.24, 2.45) is 5.92 Å². The van der Waals surface area contributed by atoms with Gasteiger partial charge in [0.15, 0.2) is 5.65 Å². The van der Waals surface area contributed by atoms with Crippen molar-refractivity contribution in [1.82, 2.24) is 14.7 Å². The van der Waals surface area contributed by atoms with Crippen molar-refractivity contribution < 1.29 is 9.53 Å². The van der Waals surface area contributed by atoms with Gasteiger partial charge in [-0.1, -0.05) is 13.8 Å². The summed E-state index contributed by atoms with van der Waals surface area (Å²) in [5.41, 5.74) is 2.15. The molecule has 0 unspecified atom stereocenters. The molecule has 0 aliphatic heterocycles. The standard InChI is InChI=1S/C14H19N3O2/c1-10(2)7-15-8-11-6-12(14(18)19-3)13-16-4-5-17(13)9-11/h4-6,9-10,15H,7-8H2,1-3H3. The van der Waals surface area contributed by atoms with Gasteiger partial charge in [0.1, 0.15) is 5.56 Å². The van der Waals surface area contributed by atoms with Gasteiger partial charge in [0.25, 0.3) is 0 Å². The van der Waals surface area contributed by atoms with Crippen LogP contribution in [0.4, 0.5) is 0 Å². The highest BCUT2D eigenvalue weighted by molar-refractivity contribution is 5.95. The van der Waals surface area contributed by atoms with Gasteiger partial charge in [-0.25, -0.2) is 9.78 Å². The molecule has 1 N–H and O–H groups in total.